The van der Waals surface area contributed by atoms with Gasteiger partial charge in [0.1, 0.15) is 0 Å². The number of halogens is 1. The molecule has 0 aliphatic heterocycles. The van der Waals surface area contributed by atoms with Gasteiger partial charge in [-0.3, -0.25) is 4.79 Å². The number of hydrogen-bond acceptors (Lipinski definition) is 1. The lowest BCUT2D eigenvalue weighted by Gasteiger charge is -2.01. The molecule has 2 aromatic rings. The summed E-state index contributed by atoms with van der Waals surface area (Å²) < 4.78 is 0. The monoisotopic (exact) mass is 233 g/mol. The number of nitrogens with one attached hydrogen (secondary N) is 1. The van der Waals surface area contributed by atoms with Crippen LogP contribution in [0.3, 0.4) is 0 Å². The first kappa shape index (κ1) is 11.0. The molecular formula is C13H12ClNO. The third-order valence-electron chi connectivity index (χ3n) is 2.65. The highest BCUT2D eigenvalue weighted by Crippen LogP contribution is 2.26. The molecule has 82 valence electrons. The Labute approximate surface area is 99.3 Å². The van der Waals surface area contributed by atoms with Gasteiger partial charge in [-0.2, -0.15) is 0 Å². The van der Waals surface area contributed by atoms with Crippen molar-refractivity contribution in [2.24, 2.45) is 0 Å². The molecule has 0 saturated carbocycles. The second-order valence-electron chi connectivity index (χ2n) is 3.77. The van der Waals surface area contributed by atoms with Crippen LogP contribution in [0.1, 0.15) is 22.8 Å². The summed E-state index contributed by atoms with van der Waals surface area (Å²) in [7, 11) is 0. The molecule has 1 aromatic heterocycles. The molecule has 1 aromatic carbocycles. The van der Waals surface area contributed by atoms with E-state index in [1.807, 2.05) is 31.2 Å². The van der Waals surface area contributed by atoms with E-state index in [9.17, 15) is 4.79 Å². The number of rotatable bonds is 2. The number of carbonyl (C=O) groups is 1. The number of carbonyl (C=O) groups excluding carboxylic acids is 1. The second-order valence-corrected chi connectivity index (χ2v) is 4.20. The van der Waals surface area contributed by atoms with Gasteiger partial charge >= 0.3 is 0 Å². The molecule has 0 atom stereocenters. The fourth-order valence-corrected chi connectivity index (χ4v) is 1.90. The zero-order valence-electron chi connectivity index (χ0n) is 9.17. The van der Waals surface area contributed by atoms with Crippen LogP contribution in [0.15, 0.2) is 30.5 Å². The molecule has 0 aliphatic carbocycles. The van der Waals surface area contributed by atoms with E-state index in [2.05, 4.69) is 4.98 Å². The van der Waals surface area contributed by atoms with E-state index in [1.54, 1.807) is 13.1 Å². The smallest absolute Gasteiger partial charge is 0.161 e. The number of benzene rings is 1. The van der Waals surface area contributed by atoms with E-state index in [1.165, 1.54) is 0 Å². The molecule has 0 spiro atoms. The molecular weight excluding hydrogens is 222 g/mol. The zero-order chi connectivity index (χ0) is 11.7. The number of Topliss-reactive ketones (excluding diaryl/α,β-unsaturated/α-hetero) is 1. The summed E-state index contributed by atoms with van der Waals surface area (Å²) in [6, 6.07) is 7.55. The Kier molecular flexibility index (Phi) is 2.84. The van der Waals surface area contributed by atoms with E-state index in [-0.39, 0.29) is 5.78 Å². The molecule has 1 heterocycles. The molecule has 0 amide bonds. The Morgan fingerprint density at radius 2 is 1.88 bits per heavy atom. The highest BCUT2D eigenvalue weighted by atomic mass is 35.5. The first-order valence-electron chi connectivity index (χ1n) is 5.04. The minimum absolute atomic E-state index is 0.0777. The first-order chi connectivity index (χ1) is 7.59. The van der Waals surface area contributed by atoms with Gasteiger partial charge in [-0.05, 0) is 37.1 Å². The van der Waals surface area contributed by atoms with Crippen molar-refractivity contribution in [3.63, 3.8) is 0 Å². The van der Waals surface area contributed by atoms with Gasteiger partial charge in [0.15, 0.2) is 5.78 Å². The predicted molar refractivity (Wildman–Crippen MR) is 66.0 cm³/mol. The largest absolute Gasteiger partial charge is 0.360 e. The van der Waals surface area contributed by atoms with Crippen molar-refractivity contribution in [2.75, 3.05) is 0 Å². The highest BCUT2D eigenvalue weighted by Gasteiger charge is 2.11. The lowest BCUT2D eigenvalue weighted by atomic mass is 10.0. The van der Waals surface area contributed by atoms with Gasteiger partial charge in [-0.15, -0.1) is 0 Å². The predicted octanol–water partition coefficient (Wildman–Crippen LogP) is 3.85. The minimum Gasteiger partial charge on any atom is -0.360 e. The van der Waals surface area contributed by atoms with Crippen LogP contribution in [0.5, 0.6) is 0 Å². The van der Waals surface area contributed by atoms with E-state index in [0.717, 1.165) is 22.4 Å². The van der Waals surface area contributed by atoms with Gasteiger partial charge in [-0.25, -0.2) is 0 Å². The molecule has 0 radical (unpaired) electrons. The van der Waals surface area contributed by atoms with Gasteiger partial charge in [0.05, 0.1) is 0 Å². The molecule has 2 nitrogen and oxygen atoms in total. The van der Waals surface area contributed by atoms with E-state index in [4.69, 9.17) is 11.6 Å². The van der Waals surface area contributed by atoms with Gasteiger partial charge < -0.3 is 4.98 Å². The number of H-pyrrole nitrogens is 1. The van der Waals surface area contributed by atoms with E-state index < -0.39 is 0 Å². The second kappa shape index (κ2) is 4.14. The van der Waals surface area contributed by atoms with Gasteiger partial charge in [0.25, 0.3) is 0 Å². The van der Waals surface area contributed by atoms with E-state index >= 15 is 0 Å². The topological polar surface area (TPSA) is 32.9 Å². The molecule has 3 heteroatoms. The standard InChI is InChI=1S/C13H12ClNO/c1-8-12(9(2)16)7-15-13(8)10-3-5-11(14)6-4-10/h3-7,15H,1-2H3. The maximum absolute atomic E-state index is 11.3. The van der Waals surface area contributed by atoms with E-state index in [0.29, 0.717) is 5.02 Å². The molecule has 0 fully saturated rings. The third kappa shape index (κ3) is 1.89. The van der Waals surface area contributed by atoms with Crippen LogP contribution < -0.4 is 0 Å². The fraction of sp³-hybridized carbons (Fsp3) is 0.154. The maximum atomic E-state index is 11.3. The molecule has 0 saturated heterocycles. The van der Waals surface area contributed by atoms with Gasteiger partial charge in [0.2, 0.25) is 0 Å². The van der Waals surface area contributed by atoms with Crippen LogP contribution in [0.25, 0.3) is 11.3 Å². The van der Waals surface area contributed by atoms with Crippen molar-refractivity contribution in [2.45, 2.75) is 13.8 Å². The van der Waals surface area contributed by atoms with Gasteiger partial charge in [0, 0.05) is 22.5 Å². The Morgan fingerprint density at radius 1 is 1.25 bits per heavy atom. The van der Waals surface area contributed by atoms with Crippen LogP contribution in [0.2, 0.25) is 5.02 Å². The summed E-state index contributed by atoms with van der Waals surface area (Å²) in [5, 5.41) is 0.708. The van der Waals surface area contributed by atoms with Crippen LogP contribution in [-0.2, 0) is 0 Å². The van der Waals surface area contributed by atoms with Crippen molar-refractivity contribution >= 4 is 17.4 Å². The zero-order valence-corrected chi connectivity index (χ0v) is 9.93. The molecule has 1 N–H and O–H groups in total. The third-order valence-corrected chi connectivity index (χ3v) is 2.90. The Morgan fingerprint density at radius 3 is 2.38 bits per heavy atom. The normalized spacial score (nSPS) is 10.4. The quantitative estimate of drug-likeness (QED) is 0.786. The number of hydrogen-bond donors (Lipinski definition) is 1. The molecule has 0 aliphatic rings. The Hall–Kier alpha value is -1.54. The average Bonchev–Trinajstić information content (AvgIpc) is 2.61. The lowest BCUT2D eigenvalue weighted by Crippen LogP contribution is -1.91. The first-order valence-corrected chi connectivity index (χ1v) is 5.42. The number of aromatic nitrogens is 1. The molecule has 2 rings (SSSR count). The van der Waals surface area contributed by atoms with Crippen molar-refractivity contribution in [3.05, 3.63) is 46.6 Å². The fourth-order valence-electron chi connectivity index (χ4n) is 1.78. The molecule has 0 unspecified atom stereocenters. The summed E-state index contributed by atoms with van der Waals surface area (Å²) in [6.45, 7) is 3.51. The summed E-state index contributed by atoms with van der Waals surface area (Å²) >= 11 is 5.83. The molecule has 0 bridgehead atoms. The highest BCUT2D eigenvalue weighted by molar-refractivity contribution is 6.30. The van der Waals surface area contributed by atoms with Crippen LogP contribution in [-0.4, -0.2) is 10.8 Å². The minimum atomic E-state index is 0.0777. The lowest BCUT2D eigenvalue weighted by molar-refractivity contribution is 0.101. The Balaban J connectivity index is 2.49. The van der Waals surface area contributed by atoms with Crippen molar-refractivity contribution in [3.8, 4) is 11.3 Å². The van der Waals surface area contributed by atoms with Crippen molar-refractivity contribution in [1.82, 2.24) is 4.98 Å². The maximum Gasteiger partial charge on any atom is 0.161 e. The van der Waals surface area contributed by atoms with Crippen LogP contribution >= 0.6 is 11.6 Å². The van der Waals surface area contributed by atoms with Crippen molar-refractivity contribution in [1.29, 1.82) is 0 Å². The summed E-state index contributed by atoms with van der Waals surface area (Å²) in [5.74, 6) is 0.0777. The summed E-state index contributed by atoms with van der Waals surface area (Å²) in [4.78, 5) is 14.5. The SMILES string of the molecule is CC(=O)c1c[nH]c(-c2ccc(Cl)cc2)c1C. The van der Waals surface area contributed by atoms with Crippen LogP contribution in [0, 0.1) is 6.92 Å². The van der Waals surface area contributed by atoms with Crippen molar-refractivity contribution < 1.29 is 4.79 Å². The number of aromatic amines is 1. The van der Waals surface area contributed by atoms with Gasteiger partial charge in [-0.1, -0.05) is 23.7 Å². The molecule has 16 heavy (non-hydrogen) atoms. The van der Waals surface area contributed by atoms with Crippen LogP contribution in [0.4, 0.5) is 0 Å². The number of ketones is 1. The summed E-state index contributed by atoms with van der Waals surface area (Å²) in [6.07, 6.45) is 1.75. The summed E-state index contributed by atoms with van der Waals surface area (Å²) in [5.41, 5.74) is 3.73. The average molecular weight is 234 g/mol. The Bertz CT molecular complexity index is 525.